The van der Waals surface area contributed by atoms with Gasteiger partial charge in [0.2, 0.25) is 0 Å². The number of aromatic nitrogens is 1. The minimum Gasteiger partial charge on any atom is -0.490 e. The highest BCUT2D eigenvalue weighted by molar-refractivity contribution is 7.17. The number of ether oxygens (including phenoxy) is 1. The van der Waals surface area contributed by atoms with Gasteiger partial charge >= 0.3 is 0 Å². The first-order valence-electron chi connectivity index (χ1n) is 7.39. The van der Waals surface area contributed by atoms with E-state index in [-0.39, 0.29) is 5.78 Å². The zero-order valence-corrected chi connectivity index (χ0v) is 13.2. The van der Waals surface area contributed by atoms with Gasteiger partial charge < -0.3 is 4.74 Å². The summed E-state index contributed by atoms with van der Waals surface area (Å²) >= 11 is 1.46. The van der Waals surface area contributed by atoms with Crippen LogP contribution in [0.2, 0.25) is 0 Å². The number of nitrogens with zero attached hydrogens (tertiary/aromatic N) is 1. The summed E-state index contributed by atoms with van der Waals surface area (Å²) in [4.78, 5) is 16.8. The van der Waals surface area contributed by atoms with Gasteiger partial charge in [0.1, 0.15) is 10.8 Å². The molecule has 4 heteroatoms. The molecule has 0 amide bonds. The van der Waals surface area contributed by atoms with E-state index in [1.165, 1.54) is 24.2 Å². The lowest BCUT2D eigenvalue weighted by atomic mass is 10.2. The average Bonchev–Trinajstić information content (AvgIpc) is 3.08. The Bertz CT molecular complexity index is 657. The topological polar surface area (TPSA) is 39.2 Å². The van der Waals surface area contributed by atoms with E-state index in [0.717, 1.165) is 39.7 Å². The van der Waals surface area contributed by atoms with Crippen molar-refractivity contribution in [2.75, 3.05) is 0 Å². The van der Waals surface area contributed by atoms with E-state index >= 15 is 0 Å². The standard InChI is InChI=1S/C17H19NO2S/c1-11-16(12(2)19)21-17(18-11)13-6-5-9-15(10-13)20-14-7-3-4-8-14/h5-6,9-10,14H,3-4,7-8H2,1-2H3. The Morgan fingerprint density at radius 2 is 2.10 bits per heavy atom. The van der Waals surface area contributed by atoms with Crippen LogP contribution in [0.5, 0.6) is 5.75 Å². The number of benzene rings is 1. The summed E-state index contributed by atoms with van der Waals surface area (Å²) in [7, 11) is 0. The minimum atomic E-state index is 0.0783. The van der Waals surface area contributed by atoms with Gasteiger partial charge in [0.15, 0.2) is 5.78 Å². The molecule has 1 aliphatic rings. The Balaban J connectivity index is 1.85. The maximum Gasteiger partial charge on any atom is 0.171 e. The van der Waals surface area contributed by atoms with Crippen LogP contribution in [0.25, 0.3) is 10.6 Å². The SMILES string of the molecule is CC(=O)c1sc(-c2cccc(OC3CCCC3)c2)nc1C. The Hall–Kier alpha value is -1.68. The quantitative estimate of drug-likeness (QED) is 0.772. The van der Waals surface area contributed by atoms with Crippen LogP contribution >= 0.6 is 11.3 Å². The largest absolute Gasteiger partial charge is 0.490 e. The Labute approximate surface area is 129 Å². The summed E-state index contributed by atoms with van der Waals surface area (Å²) < 4.78 is 6.03. The Morgan fingerprint density at radius 1 is 1.33 bits per heavy atom. The highest BCUT2D eigenvalue weighted by Gasteiger charge is 2.17. The minimum absolute atomic E-state index is 0.0783. The van der Waals surface area contributed by atoms with Gasteiger partial charge in [0.25, 0.3) is 0 Å². The lowest BCUT2D eigenvalue weighted by Gasteiger charge is -2.13. The monoisotopic (exact) mass is 301 g/mol. The van der Waals surface area contributed by atoms with Crippen LogP contribution in [0.1, 0.15) is 48.0 Å². The Morgan fingerprint density at radius 3 is 2.76 bits per heavy atom. The summed E-state index contributed by atoms with van der Waals surface area (Å²) in [5, 5.41) is 0.884. The predicted molar refractivity (Wildman–Crippen MR) is 85.2 cm³/mol. The van der Waals surface area contributed by atoms with Crippen molar-refractivity contribution in [2.45, 2.75) is 45.6 Å². The van der Waals surface area contributed by atoms with E-state index in [1.54, 1.807) is 6.92 Å². The molecule has 0 N–H and O–H groups in total. The molecule has 2 aromatic rings. The fourth-order valence-electron chi connectivity index (χ4n) is 2.75. The molecule has 0 unspecified atom stereocenters. The third-order valence-corrected chi connectivity index (χ3v) is 5.11. The van der Waals surface area contributed by atoms with Gasteiger partial charge in [-0.05, 0) is 44.7 Å². The van der Waals surface area contributed by atoms with E-state index in [0.29, 0.717) is 6.10 Å². The molecule has 21 heavy (non-hydrogen) atoms. The molecule has 1 aliphatic carbocycles. The molecule has 0 spiro atoms. The zero-order valence-electron chi connectivity index (χ0n) is 12.4. The molecule has 1 saturated carbocycles. The second-order valence-electron chi connectivity index (χ2n) is 5.54. The number of rotatable bonds is 4. The molecular formula is C17H19NO2S. The zero-order chi connectivity index (χ0) is 14.8. The molecule has 110 valence electrons. The molecular weight excluding hydrogens is 282 g/mol. The third-order valence-electron chi connectivity index (χ3n) is 3.80. The smallest absolute Gasteiger partial charge is 0.171 e. The maximum absolute atomic E-state index is 11.6. The third kappa shape index (κ3) is 3.16. The molecule has 1 fully saturated rings. The van der Waals surface area contributed by atoms with Crippen LogP contribution in [0.3, 0.4) is 0 Å². The van der Waals surface area contributed by atoms with Crippen LogP contribution in [0.4, 0.5) is 0 Å². The highest BCUT2D eigenvalue weighted by atomic mass is 32.1. The van der Waals surface area contributed by atoms with Crippen LogP contribution < -0.4 is 4.74 Å². The van der Waals surface area contributed by atoms with Crippen molar-refractivity contribution in [3.05, 3.63) is 34.8 Å². The second-order valence-corrected chi connectivity index (χ2v) is 6.54. The fourth-order valence-corrected chi connectivity index (χ4v) is 3.71. The van der Waals surface area contributed by atoms with Gasteiger partial charge in [-0.2, -0.15) is 0 Å². The van der Waals surface area contributed by atoms with Gasteiger partial charge in [-0.15, -0.1) is 11.3 Å². The highest BCUT2D eigenvalue weighted by Crippen LogP contribution is 2.31. The maximum atomic E-state index is 11.6. The van der Waals surface area contributed by atoms with Crippen molar-refractivity contribution in [3.63, 3.8) is 0 Å². The summed E-state index contributed by atoms with van der Waals surface area (Å²) in [6, 6.07) is 8.03. The number of Topliss-reactive ketones (excluding diaryl/α,β-unsaturated/α-hetero) is 1. The number of carbonyl (C=O) groups is 1. The van der Waals surface area contributed by atoms with E-state index in [4.69, 9.17) is 4.74 Å². The normalized spacial score (nSPS) is 15.3. The number of carbonyl (C=O) groups excluding carboxylic acids is 1. The molecule has 1 heterocycles. The molecule has 0 radical (unpaired) electrons. The van der Waals surface area contributed by atoms with Gasteiger partial charge in [-0.1, -0.05) is 12.1 Å². The molecule has 3 nitrogen and oxygen atoms in total. The number of thiazole rings is 1. The number of hydrogen-bond donors (Lipinski definition) is 0. The predicted octanol–water partition coefficient (Wildman–Crippen LogP) is 4.64. The van der Waals surface area contributed by atoms with Crippen LogP contribution in [0.15, 0.2) is 24.3 Å². The molecule has 0 bridgehead atoms. The van der Waals surface area contributed by atoms with E-state index in [9.17, 15) is 4.79 Å². The van der Waals surface area contributed by atoms with E-state index < -0.39 is 0 Å². The summed E-state index contributed by atoms with van der Waals surface area (Å²) in [6.07, 6.45) is 5.17. The average molecular weight is 301 g/mol. The lowest BCUT2D eigenvalue weighted by molar-refractivity contribution is 0.102. The fraction of sp³-hybridized carbons (Fsp3) is 0.412. The number of hydrogen-bond acceptors (Lipinski definition) is 4. The van der Waals surface area contributed by atoms with E-state index in [2.05, 4.69) is 4.98 Å². The van der Waals surface area contributed by atoms with Crippen molar-refractivity contribution >= 4 is 17.1 Å². The first-order valence-corrected chi connectivity index (χ1v) is 8.20. The van der Waals surface area contributed by atoms with Crippen molar-refractivity contribution in [3.8, 4) is 16.3 Å². The van der Waals surface area contributed by atoms with Crippen molar-refractivity contribution in [2.24, 2.45) is 0 Å². The van der Waals surface area contributed by atoms with Crippen molar-refractivity contribution in [1.29, 1.82) is 0 Å². The molecule has 0 atom stereocenters. The first-order chi connectivity index (χ1) is 10.1. The summed E-state index contributed by atoms with van der Waals surface area (Å²) in [6.45, 7) is 3.47. The van der Waals surface area contributed by atoms with Crippen LogP contribution in [-0.4, -0.2) is 16.9 Å². The summed E-state index contributed by atoms with van der Waals surface area (Å²) in [5.41, 5.74) is 1.83. The van der Waals surface area contributed by atoms with Crippen molar-refractivity contribution < 1.29 is 9.53 Å². The molecule has 0 aliphatic heterocycles. The number of aryl methyl sites for hydroxylation is 1. The second kappa shape index (κ2) is 5.98. The van der Waals surface area contributed by atoms with E-state index in [1.807, 2.05) is 31.2 Å². The molecule has 0 saturated heterocycles. The Kier molecular flexibility index (Phi) is 4.06. The number of ketones is 1. The van der Waals surface area contributed by atoms with Gasteiger partial charge in [-0.25, -0.2) is 4.98 Å². The molecule has 3 rings (SSSR count). The van der Waals surface area contributed by atoms with Crippen LogP contribution in [0, 0.1) is 6.92 Å². The molecule has 1 aromatic heterocycles. The van der Waals surface area contributed by atoms with Crippen molar-refractivity contribution in [1.82, 2.24) is 4.98 Å². The lowest BCUT2D eigenvalue weighted by Crippen LogP contribution is -2.10. The van der Waals surface area contributed by atoms with Gasteiger partial charge in [0, 0.05) is 12.5 Å². The van der Waals surface area contributed by atoms with Crippen LogP contribution in [-0.2, 0) is 0 Å². The van der Waals surface area contributed by atoms with Gasteiger partial charge in [0.05, 0.1) is 16.7 Å². The van der Waals surface area contributed by atoms with Gasteiger partial charge in [-0.3, -0.25) is 4.79 Å². The first kappa shape index (κ1) is 14.3. The molecule has 1 aromatic carbocycles. The summed E-state index contributed by atoms with van der Waals surface area (Å²) in [5.74, 6) is 0.978.